The van der Waals surface area contributed by atoms with E-state index in [0.29, 0.717) is 0 Å². The minimum atomic E-state index is -0.826. The molecule has 6 unspecified atom stereocenters. The van der Waals surface area contributed by atoms with E-state index in [9.17, 15) is 0 Å². The van der Waals surface area contributed by atoms with Crippen LogP contribution >= 0.6 is 17.0 Å². The number of hydrogen-bond donors (Lipinski definition) is 0. The quantitative estimate of drug-likeness (QED) is 0.310. The van der Waals surface area contributed by atoms with E-state index in [1.807, 2.05) is 0 Å². The molecule has 0 nitrogen and oxygen atoms in total. The van der Waals surface area contributed by atoms with Gasteiger partial charge in [-0.3, -0.25) is 0 Å². The van der Waals surface area contributed by atoms with Gasteiger partial charge in [-0.15, -0.1) is 0 Å². The first-order valence-electron chi connectivity index (χ1n) is 11.8. The van der Waals surface area contributed by atoms with Crippen LogP contribution in [-0.4, -0.2) is 0 Å². The van der Waals surface area contributed by atoms with Gasteiger partial charge in [0, 0.05) is 0 Å². The zero-order chi connectivity index (χ0) is 22.2. The summed E-state index contributed by atoms with van der Waals surface area (Å²) in [6.45, 7) is 0. The molecule has 0 aliphatic heterocycles. The third-order valence-corrected chi connectivity index (χ3v) is 7.54. The van der Waals surface area contributed by atoms with Crippen molar-refractivity contribution in [2.24, 2.45) is 41.4 Å². The van der Waals surface area contributed by atoms with E-state index < -0.39 is 20.8 Å². The van der Waals surface area contributed by atoms with Crippen molar-refractivity contribution >= 4 is 17.0 Å². The molecule has 0 aromatic heterocycles. The van der Waals surface area contributed by atoms with Gasteiger partial charge in [-0.05, 0) is 72.7 Å². The maximum absolute atomic E-state index is 4.93. The standard InChI is InChI=1S/C16H18.C13H14.2CH3.2ClH.Zr/c1-2-6-13(7-3-1)10-14-11-15-8-4-5-9-16(15)12-14;1-3-7-12-10(5-1)9-11-6-2-4-8-13(11)12;;;;;/h1-9,14-16H,10-12H2;1-8,10-13H,9H2;2*1H3;2*1H;/q;;2*-1;;;+4/p-2. The van der Waals surface area contributed by atoms with Crippen molar-refractivity contribution in [2.45, 2.75) is 25.7 Å². The van der Waals surface area contributed by atoms with E-state index >= 15 is 0 Å². The summed E-state index contributed by atoms with van der Waals surface area (Å²) in [6, 6.07) is 10.9. The Kier molecular flexibility index (Phi) is 13.2. The molecule has 0 saturated heterocycles. The number of fused-ring (bicyclic) bond motifs is 4. The summed E-state index contributed by atoms with van der Waals surface area (Å²) in [5, 5.41) is 0. The van der Waals surface area contributed by atoms with Crippen molar-refractivity contribution in [1.29, 1.82) is 0 Å². The Morgan fingerprint density at radius 3 is 1.47 bits per heavy atom. The van der Waals surface area contributed by atoms with Crippen LogP contribution in [0.3, 0.4) is 0 Å². The Labute approximate surface area is 227 Å². The Morgan fingerprint density at radius 1 is 0.588 bits per heavy atom. The molecule has 1 aromatic carbocycles. The van der Waals surface area contributed by atoms with Gasteiger partial charge in [-0.25, -0.2) is 0 Å². The third-order valence-electron chi connectivity index (χ3n) is 7.54. The first-order valence-corrected chi connectivity index (χ1v) is 18.2. The van der Waals surface area contributed by atoms with Gasteiger partial charge < -0.3 is 14.9 Å². The van der Waals surface area contributed by atoms with E-state index in [2.05, 4.69) is 103 Å². The van der Waals surface area contributed by atoms with Crippen molar-refractivity contribution in [3.8, 4) is 0 Å². The summed E-state index contributed by atoms with van der Waals surface area (Å²) >= 11 is -0.826. The zero-order valence-corrected chi connectivity index (χ0v) is 24.4. The summed E-state index contributed by atoms with van der Waals surface area (Å²) < 4.78 is 0. The summed E-state index contributed by atoms with van der Waals surface area (Å²) in [5.74, 6) is 5.66. The van der Waals surface area contributed by atoms with Crippen molar-refractivity contribution in [3.05, 3.63) is 124 Å². The number of halogens is 2. The molecule has 6 atom stereocenters. The van der Waals surface area contributed by atoms with Gasteiger partial charge in [-0.2, -0.15) is 0 Å². The van der Waals surface area contributed by atoms with Crippen LogP contribution in [0.15, 0.2) is 103 Å². The molecule has 6 rings (SSSR count). The molecule has 0 heterocycles. The van der Waals surface area contributed by atoms with E-state index in [1.54, 1.807) is 0 Å². The van der Waals surface area contributed by atoms with Gasteiger partial charge in [-0.1, -0.05) is 103 Å². The molecular weight excluding hydrogens is 534 g/mol. The normalized spacial score (nSPS) is 32.4. The van der Waals surface area contributed by atoms with Crippen molar-refractivity contribution in [3.63, 3.8) is 0 Å². The molecule has 0 amide bonds. The number of rotatable bonds is 2. The Bertz CT molecular complexity index is 843. The fraction of sp³-hybridized carbons (Fsp3) is 0.355. The molecule has 1 aromatic rings. The summed E-state index contributed by atoms with van der Waals surface area (Å²) in [4.78, 5) is 0. The molecule has 0 radical (unpaired) electrons. The monoisotopic (exact) mass is 570 g/mol. The molecular formula is C31H38Cl2Zr. The first kappa shape index (κ1) is 29.4. The van der Waals surface area contributed by atoms with Gasteiger partial charge in [0.2, 0.25) is 0 Å². The van der Waals surface area contributed by atoms with Crippen LogP contribution in [0.5, 0.6) is 0 Å². The van der Waals surface area contributed by atoms with Gasteiger partial charge in [0.05, 0.1) is 0 Å². The van der Waals surface area contributed by atoms with Crippen LogP contribution in [0.25, 0.3) is 0 Å². The molecule has 180 valence electrons. The van der Waals surface area contributed by atoms with E-state index in [1.165, 1.54) is 31.2 Å². The average Bonchev–Trinajstić information content (AvgIpc) is 3.41. The Hall–Kier alpha value is -0.877. The Balaban J connectivity index is 0.000000208. The van der Waals surface area contributed by atoms with Gasteiger partial charge in [0.15, 0.2) is 0 Å². The van der Waals surface area contributed by atoms with Crippen LogP contribution in [-0.2, 0) is 27.3 Å². The van der Waals surface area contributed by atoms with Crippen molar-refractivity contribution in [1.82, 2.24) is 0 Å². The second-order valence-corrected chi connectivity index (χ2v) is 13.2. The molecule has 5 aliphatic rings. The summed E-state index contributed by atoms with van der Waals surface area (Å²) in [7, 11) is 9.87. The predicted molar refractivity (Wildman–Crippen MR) is 148 cm³/mol. The van der Waals surface area contributed by atoms with Crippen LogP contribution in [0.2, 0.25) is 0 Å². The van der Waals surface area contributed by atoms with Gasteiger partial charge >= 0.3 is 37.9 Å². The van der Waals surface area contributed by atoms with Gasteiger partial charge in [0.1, 0.15) is 0 Å². The van der Waals surface area contributed by atoms with Crippen LogP contribution in [0, 0.1) is 56.3 Å². The van der Waals surface area contributed by atoms with Gasteiger partial charge in [0.25, 0.3) is 0 Å². The first-order chi connectivity index (χ1) is 15.8. The average molecular weight is 573 g/mol. The predicted octanol–water partition coefficient (Wildman–Crippen LogP) is 9.38. The molecule has 5 aliphatic carbocycles. The molecule has 3 heteroatoms. The third kappa shape index (κ3) is 7.81. The molecule has 0 N–H and O–H groups in total. The second-order valence-electron chi connectivity index (χ2n) is 9.45. The Morgan fingerprint density at radius 2 is 1.00 bits per heavy atom. The van der Waals surface area contributed by atoms with E-state index in [-0.39, 0.29) is 14.9 Å². The molecule has 2 fully saturated rings. The fourth-order valence-corrected chi connectivity index (χ4v) is 6.14. The van der Waals surface area contributed by atoms with Crippen LogP contribution in [0.1, 0.15) is 24.8 Å². The number of allylic oxidation sites excluding steroid dienone is 12. The second kappa shape index (κ2) is 15.3. The molecule has 2 saturated carbocycles. The van der Waals surface area contributed by atoms with Crippen LogP contribution < -0.4 is 0 Å². The topological polar surface area (TPSA) is 0 Å². The maximum atomic E-state index is 4.93. The summed E-state index contributed by atoms with van der Waals surface area (Å²) in [5.41, 5.74) is 1.50. The van der Waals surface area contributed by atoms with Crippen molar-refractivity contribution < 1.29 is 20.8 Å². The van der Waals surface area contributed by atoms with Crippen LogP contribution in [0.4, 0.5) is 0 Å². The van der Waals surface area contributed by atoms with Crippen molar-refractivity contribution in [2.75, 3.05) is 0 Å². The molecule has 0 bridgehead atoms. The van der Waals surface area contributed by atoms with E-state index in [0.717, 1.165) is 41.4 Å². The summed E-state index contributed by atoms with van der Waals surface area (Å²) in [6.07, 6.45) is 32.9. The van der Waals surface area contributed by atoms with E-state index in [4.69, 9.17) is 17.0 Å². The zero-order valence-electron chi connectivity index (χ0n) is 20.4. The molecule has 0 spiro atoms. The fourth-order valence-electron chi connectivity index (χ4n) is 6.14. The minimum absolute atomic E-state index is 0. The molecule has 34 heavy (non-hydrogen) atoms. The number of hydrogen-bond acceptors (Lipinski definition) is 0. The number of benzene rings is 1. The SMILES string of the molecule is C1=CC2CC(Cc3ccccc3)CC2C=C1.C1=CC2CC3C=CC=CC3C2C=C1.[CH3-].[CH3-].[Cl][Zr+2][Cl].